The van der Waals surface area contributed by atoms with Crippen molar-refractivity contribution in [3.63, 3.8) is 0 Å². The Balaban J connectivity index is 1.54. The van der Waals surface area contributed by atoms with E-state index in [2.05, 4.69) is 30.4 Å². The molecule has 0 aliphatic heterocycles. The standard InChI is InChI=1S/C23H23F3N6O4S/c1-11-19(12(2)35-32-11)17-8-7-13-14(9-27-21(13)29-17)20-15(23(24,25)26)10-28-22(31-20)30-16-5-4-6-18(16)36-37(3,33)34/h7-10,16,18H,4-6H2,1-3H3,(H,27,29)(H,28,30,31)/t16-,18+/m1/s1. The SMILES string of the molecule is Cc1noc(C)c1-c1ccc2c(-c3nc(N[C@@H]4CCC[C@@H]4OS(C)(=O)=O)ncc3C(F)(F)F)c[nH]c2n1. The molecule has 4 aromatic heterocycles. The van der Waals surface area contributed by atoms with E-state index in [4.69, 9.17) is 8.71 Å². The van der Waals surface area contributed by atoms with Crippen LogP contribution in [0.3, 0.4) is 0 Å². The quantitative estimate of drug-likeness (QED) is 0.338. The second-order valence-electron chi connectivity index (χ2n) is 8.97. The van der Waals surface area contributed by atoms with Crippen LogP contribution in [0.25, 0.3) is 33.5 Å². The molecular weight excluding hydrogens is 513 g/mol. The lowest BCUT2D eigenvalue weighted by molar-refractivity contribution is -0.137. The zero-order valence-electron chi connectivity index (χ0n) is 20.0. The third kappa shape index (κ3) is 5.03. The summed E-state index contributed by atoms with van der Waals surface area (Å²) < 4.78 is 75.3. The molecule has 0 unspecified atom stereocenters. The summed E-state index contributed by atoms with van der Waals surface area (Å²) in [7, 11) is -3.70. The van der Waals surface area contributed by atoms with Gasteiger partial charge in [-0.05, 0) is 45.2 Å². The topological polar surface area (TPSA) is 136 Å². The van der Waals surface area contributed by atoms with Crippen LogP contribution in [0.2, 0.25) is 0 Å². The number of hydrogen-bond acceptors (Lipinski definition) is 9. The zero-order chi connectivity index (χ0) is 26.5. The van der Waals surface area contributed by atoms with Crippen molar-refractivity contribution < 1.29 is 30.3 Å². The lowest BCUT2D eigenvalue weighted by Gasteiger charge is -2.21. The maximum atomic E-state index is 13.9. The van der Waals surface area contributed by atoms with Gasteiger partial charge in [0.2, 0.25) is 5.95 Å². The van der Waals surface area contributed by atoms with Gasteiger partial charge in [-0.1, -0.05) is 5.16 Å². The van der Waals surface area contributed by atoms with Crippen molar-refractivity contribution in [2.45, 2.75) is 51.4 Å². The van der Waals surface area contributed by atoms with Gasteiger partial charge in [-0.15, -0.1) is 0 Å². The Morgan fingerprint density at radius 2 is 1.97 bits per heavy atom. The predicted molar refractivity (Wildman–Crippen MR) is 128 cm³/mol. The van der Waals surface area contributed by atoms with Crippen LogP contribution in [0.5, 0.6) is 0 Å². The number of aromatic amines is 1. The van der Waals surface area contributed by atoms with Crippen molar-refractivity contribution in [1.82, 2.24) is 25.1 Å². The third-order valence-electron chi connectivity index (χ3n) is 6.24. The van der Waals surface area contributed by atoms with E-state index in [-0.39, 0.29) is 17.2 Å². The maximum Gasteiger partial charge on any atom is 0.419 e. The van der Waals surface area contributed by atoms with Crippen molar-refractivity contribution in [1.29, 1.82) is 0 Å². The van der Waals surface area contributed by atoms with E-state index in [0.717, 1.165) is 12.5 Å². The second-order valence-corrected chi connectivity index (χ2v) is 10.6. The molecule has 0 saturated heterocycles. The first-order valence-electron chi connectivity index (χ1n) is 11.4. The molecule has 0 aromatic carbocycles. The minimum absolute atomic E-state index is 0.0633. The van der Waals surface area contributed by atoms with Gasteiger partial charge >= 0.3 is 6.18 Å². The molecule has 0 amide bonds. The summed E-state index contributed by atoms with van der Waals surface area (Å²) in [6, 6.07) is 2.88. The highest BCUT2D eigenvalue weighted by Crippen LogP contribution is 2.39. The van der Waals surface area contributed by atoms with Gasteiger partial charge in [0.25, 0.3) is 10.1 Å². The van der Waals surface area contributed by atoms with Gasteiger partial charge in [0.15, 0.2) is 0 Å². The largest absolute Gasteiger partial charge is 0.419 e. The monoisotopic (exact) mass is 536 g/mol. The molecule has 10 nitrogen and oxygen atoms in total. The minimum Gasteiger partial charge on any atom is -0.361 e. The van der Waals surface area contributed by atoms with Gasteiger partial charge in [0, 0.05) is 23.3 Å². The van der Waals surface area contributed by atoms with Crippen LogP contribution in [-0.2, 0) is 20.5 Å². The Bertz CT molecular complexity index is 1560. The fourth-order valence-corrected chi connectivity index (χ4v) is 5.33. The van der Waals surface area contributed by atoms with E-state index < -0.39 is 34.0 Å². The molecule has 0 spiro atoms. The fraction of sp³-hybridized carbons (Fsp3) is 0.391. The number of halogens is 3. The fourth-order valence-electron chi connectivity index (χ4n) is 4.65. The molecule has 4 aromatic rings. The summed E-state index contributed by atoms with van der Waals surface area (Å²) >= 11 is 0. The Morgan fingerprint density at radius 3 is 2.65 bits per heavy atom. The number of hydrogen-bond donors (Lipinski definition) is 2. The molecule has 2 N–H and O–H groups in total. The molecule has 14 heteroatoms. The number of fused-ring (bicyclic) bond motifs is 1. The van der Waals surface area contributed by atoms with Crippen molar-refractivity contribution >= 4 is 27.1 Å². The summed E-state index contributed by atoms with van der Waals surface area (Å²) in [5.74, 6) is 0.513. The second kappa shape index (κ2) is 9.10. The van der Waals surface area contributed by atoms with Gasteiger partial charge in [0.1, 0.15) is 17.0 Å². The molecule has 5 rings (SSSR count). The molecule has 1 aliphatic rings. The summed E-state index contributed by atoms with van der Waals surface area (Å²) in [6.45, 7) is 3.53. The Morgan fingerprint density at radius 1 is 1.19 bits per heavy atom. The molecule has 1 fully saturated rings. The van der Waals surface area contributed by atoms with Gasteiger partial charge in [-0.2, -0.15) is 21.6 Å². The number of alkyl halides is 3. The van der Waals surface area contributed by atoms with Crippen LogP contribution in [0.15, 0.2) is 29.0 Å². The van der Waals surface area contributed by atoms with E-state index >= 15 is 0 Å². The van der Waals surface area contributed by atoms with Gasteiger partial charge in [-0.25, -0.2) is 15.0 Å². The first kappa shape index (κ1) is 25.1. The van der Waals surface area contributed by atoms with Crippen LogP contribution >= 0.6 is 0 Å². The highest BCUT2D eigenvalue weighted by molar-refractivity contribution is 7.86. The van der Waals surface area contributed by atoms with E-state index in [1.54, 1.807) is 26.0 Å². The smallest absolute Gasteiger partial charge is 0.361 e. The van der Waals surface area contributed by atoms with Gasteiger partial charge < -0.3 is 14.8 Å². The predicted octanol–water partition coefficient (Wildman–Crippen LogP) is 4.62. The first-order chi connectivity index (χ1) is 17.4. The summed E-state index contributed by atoms with van der Waals surface area (Å²) in [6.07, 6.45) is -0.551. The summed E-state index contributed by atoms with van der Waals surface area (Å²) in [4.78, 5) is 15.6. The first-order valence-corrected chi connectivity index (χ1v) is 13.2. The molecule has 0 radical (unpaired) electrons. The van der Waals surface area contributed by atoms with Crippen LogP contribution in [0.1, 0.15) is 36.3 Å². The number of aromatic nitrogens is 5. The molecule has 37 heavy (non-hydrogen) atoms. The minimum atomic E-state index is -4.71. The number of rotatable bonds is 6. The van der Waals surface area contributed by atoms with E-state index in [9.17, 15) is 21.6 Å². The Kier molecular flexibility index (Phi) is 6.18. The average Bonchev–Trinajstić information content (AvgIpc) is 3.50. The molecule has 196 valence electrons. The van der Waals surface area contributed by atoms with Gasteiger partial charge in [0.05, 0.1) is 41.0 Å². The third-order valence-corrected chi connectivity index (χ3v) is 6.84. The van der Waals surface area contributed by atoms with Crippen LogP contribution in [-0.4, -0.2) is 51.9 Å². The Hall–Kier alpha value is -3.52. The number of nitrogens with one attached hydrogen (secondary N) is 2. The maximum absolute atomic E-state index is 13.9. The van der Waals surface area contributed by atoms with Crippen molar-refractivity contribution in [2.75, 3.05) is 11.6 Å². The number of nitrogens with zero attached hydrogens (tertiary/aromatic N) is 4. The highest BCUT2D eigenvalue weighted by atomic mass is 32.2. The normalized spacial score (nSPS) is 18.5. The number of H-pyrrole nitrogens is 1. The van der Waals surface area contributed by atoms with E-state index in [0.29, 0.717) is 53.0 Å². The number of pyridine rings is 1. The average molecular weight is 537 g/mol. The lowest BCUT2D eigenvalue weighted by Crippen LogP contribution is -2.33. The lowest BCUT2D eigenvalue weighted by atomic mass is 10.1. The summed E-state index contributed by atoms with van der Waals surface area (Å²) in [5, 5.41) is 7.32. The van der Waals surface area contributed by atoms with Crippen LogP contribution < -0.4 is 5.32 Å². The summed E-state index contributed by atoms with van der Waals surface area (Å²) in [5.41, 5.74) is 1.14. The van der Waals surface area contributed by atoms with Gasteiger partial charge in [-0.3, -0.25) is 4.18 Å². The molecule has 2 atom stereocenters. The number of aryl methyl sites for hydroxylation is 2. The van der Waals surface area contributed by atoms with Crippen LogP contribution in [0.4, 0.5) is 19.1 Å². The molecule has 0 bridgehead atoms. The molecule has 1 aliphatic carbocycles. The zero-order valence-corrected chi connectivity index (χ0v) is 20.9. The highest BCUT2D eigenvalue weighted by Gasteiger charge is 2.37. The molecular formula is C23H23F3N6O4S. The number of anilines is 1. The molecule has 1 saturated carbocycles. The molecule has 4 heterocycles. The van der Waals surface area contributed by atoms with Crippen molar-refractivity contribution in [3.05, 3.63) is 41.5 Å². The van der Waals surface area contributed by atoms with E-state index in [1.807, 2.05) is 0 Å². The van der Waals surface area contributed by atoms with Crippen molar-refractivity contribution in [2.24, 2.45) is 0 Å². The van der Waals surface area contributed by atoms with E-state index in [1.165, 1.54) is 6.20 Å². The Labute approximate surface area is 209 Å². The van der Waals surface area contributed by atoms with Crippen LogP contribution in [0, 0.1) is 13.8 Å². The van der Waals surface area contributed by atoms with Crippen molar-refractivity contribution in [3.8, 4) is 22.5 Å².